The minimum Gasteiger partial charge on any atom is -0.493 e. The van der Waals surface area contributed by atoms with Crippen molar-refractivity contribution in [3.63, 3.8) is 0 Å². The van der Waals surface area contributed by atoms with E-state index in [1.54, 1.807) is 19.2 Å². The van der Waals surface area contributed by atoms with Gasteiger partial charge in [-0.1, -0.05) is 12.1 Å². The number of rotatable bonds is 7. The number of amides is 2. The number of nitrogens with zero attached hydrogens (tertiary/aromatic N) is 1. The van der Waals surface area contributed by atoms with Gasteiger partial charge in [-0.2, -0.15) is 0 Å². The zero-order chi connectivity index (χ0) is 14.1. The van der Waals surface area contributed by atoms with E-state index in [1.165, 1.54) is 4.90 Å². The molecule has 1 rings (SSSR count). The van der Waals surface area contributed by atoms with Gasteiger partial charge in [0.2, 0.25) is 0 Å². The maximum Gasteiger partial charge on any atom is 0.320 e. The third-order valence-electron chi connectivity index (χ3n) is 2.56. The summed E-state index contributed by atoms with van der Waals surface area (Å²) in [5, 5.41) is 11.4. The first-order valence-corrected chi connectivity index (χ1v) is 6.12. The molecule has 0 aromatic heterocycles. The van der Waals surface area contributed by atoms with E-state index in [1.807, 2.05) is 19.1 Å². The summed E-state index contributed by atoms with van der Waals surface area (Å²) in [6, 6.07) is 6.93. The van der Waals surface area contributed by atoms with Crippen LogP contribution in [-0.2, 0) is 0 Å². The molecule has 19 heavy (non-hydrogen) atoms. The number of benzene rings is 1. The molecule has 1 aromatic rings. The van der Waals surface area contributed by atoms with Crippen molar-refractivity contribution < 1.29 is 19.4 Å². The van der Waals surface area contributed by atoms with E-state index in [-0.39, 0.29) is 19.4 Å². The van der Waals surface area contributed by atoms with Crippen molar-refractivity contribution in [1.29, 1.82) is 0 Å². The Hall–Kier alpha value is -1.95. The van der Waals surface area contributed by atoms with Crippen LogP contribution in [0.1, 0.15) is 6.92 Å². The number of likely N-dealkylation sites (N-methyl/N-ethyl adjacent to an activating group) is 1. The van der Waals surface area contributed by atoms with Crippen molar-refractivity contribution in [2.45, 2.75) is 6.92 Å². The molecule has 0 saturated heterocycles. The molecule has 0 bridgehead atoms. The average molecular weight is 268 g/mol. The van der Waals surface area contributed by atoms with Gasteiger partial charge in [0.25, 0.3) is 0 Å². The summed E-state index contributed by atoms with van der Waals surface area (Å²) in [7, 11) is 1.56. The molecular formula is C13H20N2O4. The lowest BCUT2D eigenvalue weighted by Crippen LogP contribution is -2.42. The van der Waals surface area contributed by atoms with E-state index >= 15 is 0 Å². The molecule has 2 N–H and O–H groups in total. The minimum atomic E-state index is -0.272. The molecule has 0 aliphatic carbocycles. The molecule has 0 aliphatic rings. The summed E-state index contributed by atoms with van der Waals surface area (Å²) in [5.41, 5.74) is 0. The summed E-state index contributed by atoms with van der Waals surface area (Å²) >= 11 is 0. The molecule has 0 aliphatic heterocycles. The fourth-order valence-corrected chi connectivity index (χ4v) is 1.55. The van der Waals surface area contributed by atoms with Gasteiger partial charge in [-0.15, -0.1) is 0 Å². The maximum atomic E-state index is 11.7. The number of ether oxygens (including phenoxy) is 2. The van der Waals surface area contributed by atoms with Crippen LogP contribution >= 0.6 is 0 Å². The number of methoxy groups -OCH3 is 1. The highest BCUT2D eigenvalue weighted by Gasteiger charge is 2.10. The Labute approximate surface area is 112 Å². The lowest BCUT2D eigenvalue weighted by atomic mass is 10.3. The smallest absolute Gasteiger partial charge is 0.320 e. The third kappa shape index (κ3) is 4.67. The van der Waals surface area contributed by atoms with Crippen LogP contribution < -0.4 is 14.8 Å². The Balaban J connectivity index is 2.43. The Morgan fingerprint density at radius 1 is 1.37 bits per heavy atom. The van der Waals surface area contributed by atoms with Crippen LogP contribution in [0.15, 0.2) is 24.3 Å². The highest BCUT2D eigenvalue weighted by molar-refractivity contribution is 5.73. The second kappa shape index (κ2) is 8.20. The SMILES string of the molecule is CCN(CCO)C(=O)NCOc1ccccc1OC. The van der Waals surface area contributed by atoms with Gasteiger partial charge in [-0.3, -0.25) is 0 Å². The maximum absolute atomic E-state index is 11.7. The number of para-hydroxylation sites is 2. The summed E-state index contributed by atoms with van der Waals surface area (Å²) in [6.07, 6.45) is 0. The van der Waals surface area contributed by atoms with E-state index in [4.69, 9.17) is 14.6 Å². The van der Waals surface area contributed by atoms with Gasteiger partial charge in [0.1, 0.15) is 0 Å². The van der Waals surface area contributed by atoms with Gasteiger partial charge < -0.3 is 24.8 Å². The number of nitrogens with one attached hydrogen (secondary N) is 1. The normalized spacial score (nSPS) is 9.84. The van der Waals surface area contributed by atoms with Crippen molar-refractivity contribution >= 4 is 6.03 Å². The van der Waals surface area contributed by atoms with Crippen molar-refractivity contribution in [1.82, 2.24) is 10.2 Å². The summed E-state index contributed by atoms with van der Waals surface area (Å²) in [4.78, 5) is 13.2. The summed E-state index contributed by atoms with van der Waals surface area (Å²) < 4.78 is 10.6. The number of aliphatic hydroxyl groups excluding tert-OH is 1. The molecule has 106 valence electrons. The number of hydrogen-bond acceptors (Lipinski definition) is 4. The Bertz CT molecular complexity index is 398. The first kappa shape index (κ1) is 15.1. The second-order valence-corrected chi connectivity index (χ2v) is 3.72. The van der Waals surface area contributed by atoms with E-state index in [0.29, 0.717) is 24.6 Å². The lowest BCUT2D eigenvalue weighted by Gasteiger charge is -2.20. The van der Waals surface area contributed by atoms with Crippen molar-refractivity contribution in [2.75, 3.05) is 33.5 Å². The van der Waals surface area contributed by atoms with Crippen molar-refractivity contribution in [3.05, 3.63) is 24.3 Å². The van der Waals surface area contributed by atoms with Gasteiger partial charge in [-0.25, -0.2) is 4.79 Å². The Morgan fingerprint density at radius 2 is 2.05 bits per heavy atom. The van der Waals surface area contributed by atoms with Crippen LogP contribution in [0.3, 0.4) is 0 Å². The summed E-state index contributed by atoms with van der Waals surface area (Å²) in [5.74, 6) is 1.18. The molecule has 0 heterocycles. The molecule has 0 saturated carbocycles. The second-order valence-electron chi connectivity index (χ2n) is 3.72. The molecule has 0 radical (unpaired) electrons. The Morgan fingerprint density at radius 3 is 2.63 bits per heavy atom. The lowest BCUT2D eigenvalue weighted by molar-refractivity contribution is 0.169. The molecule has 2 amide bonds. The predicted molar refractivity (Wildman–Crippen MR) is 71.4 cm³/mol. The zero-order valence-corrected chi connectivity index (χ0v) is 11.3. The van der Waals surface area contributed by atoms with Crippen molar-refractivity contribution in [3.8, 4) is 11.5 Å². The standard InChI is InChI=1S/C13H20N2O4/c1-3-15(8-9-16)13(17)14-10-19-12-7-5-4-6-11(12)18-2/h4-7,16H,3,8-10H2,1-2H3,(H,14,17). The van der Waals surface area contributed by atoms with E-state index in [9.17, 15) is 4.79 Å². The van der Waals surface area contributed by atoms with E-state index in [2.05, 4.69) is 5.32 Å². The molecule has 0 atom stereocenters. The number of carbonyl (C=O) groups is 1. The molecule has 0 unspecified atom stereocenters. The van der Waals surface area contributed by atoms with Crippen LogP contribution in [-0.4, -0.2) is 49.6 Å². The molecular weight excluding hydrogens is 248 g/mol. The predicted octanol–water partition coefficient (Wildman–Crippen LogP) is 1.06. The molecule has 0 fully saturated rings. The van der Waals surface area contributed by atoms with Crippen LogP contribution in [0.2, 0.25) is 0 Å². The average Bonchev–Trinajstić information content (AvgIpc) is 2.45. The van der Waals surface area contributed by atoms with Crippen LogP contribution in [0.4, 0.5) is 4.79 Å². The van der Waals surface area contributed by atoms with E-state index in [0.717, 1.165) is 0 Å². The fraction of sp³-hybridized carbons (Fsp3) is 0.462. The topological polar surface area (TPSA) is 71.0 Å². The van der Waals surface area contributed by atoms with Gasteiger partial charge in [0, 0.05) is 13.1 Å². The molecule has 1 aromatic carbocycles. The highest BCUT2D eigenvalue weighted by atomic mass is 16.5. The number of urea groups is 1. The van der Waals surface area contributed by atoms with E-state index < -0.39 is 0 Å². The number of aliphatic hydroxyl groups is 1. The Kier molecular flexibility index (Phi) is 6.52. The van der Waals surface area contributed by atoms with Crippen LogP contribution in [0.5, 0.6) is 11.5 Å². The van der Waals surface area contributed by atoms with Gasteiger partial charge in [0.05, 0.1) is 13.7 Å². The van der Waals surface area contributed by atoms with Crippen LogP contribution in [0, 0.1) is 0 Å². The fourth-order valence-electron chi connectivity index (χ4n) is 1.55. The van der Waals surface area contributed by atoms with Crippen molar-refractivity contribution in [2.24, 2.45) is 0 Å². The molecule has 6 heteroatoms. The monoisotopic (exact) mass is 268 g/mol. The molecule has 6 nitrogen and oxygen atoms in total. The zero-order valence-electron chi connectivity index (χ0n) is 11.3. The summed E-state index contributed by atoms with van der Waals surface area (Å²) in [6.45, 7) is 2.66. The van der Waals surface area contributed by atoms with Gasteiger partial charge in [-0.05, 0) is 19.1 Å². The van der Waals surface area contributed by atoms with Gasteiger partial charge in [0.15, 0.2) is 18.2 Å². The third-order valence-corrected chi connectivity index (χ3v) is 2.56. The molecule has 0 spiro atoms. The van der Waals surface area contributed by atoms with Gasteiger partial charge >= 0.3 is 6.03 Å². The first-order valence-electron chi connectivity index (χ1n) is 6.12. The number of hydrogen-bond donors (Lipinski definition) is 2. The minimum absolute atomic E-state index is 0.0428. The number of carbonyl (C=O) groups excluding carboxylic acids is 1. The quantitative estimate of drug-likeness (QED) is 0.725. The van der Waals surface area contributed by atoms with Crippen LogP contribution in [0.25, 0.3) is 0 Å². The highest BCUT2D eigenvalue weighted by Crippen LogP contribution is 2.25. The largest absolute Gasteiger partial charge is 0.493 e. The first-order chi connectivity index (χ1) is 9.22.